The summed E-state index contributed by atoms with van der Waals surface area (Å²) >= 11 is 0. The van der Waals surface area contributed by atoms with Crippen molar-refractivity contribution in [3.05, 3.63) is 29.1 Å². The fourth-order valence-corrected chi connectivity index (χ4v) is 0.921. The van der Waals surface area contributed by atoms with Crippen LogP contribution in [0, 0.1) is 0 Å². The Morgan fingerprint density at radius 3 is 1.80 bits per heavy atom. The van der Waals surface area contributed by atoms with E-state index in [2.05, 4.69) is 4.98 Å². The quantitative estimate of drug-likeness (QED) is 0.801. The van der Waals surface area contributed by atoms with Crippen LogP contribution < -0.4 is 0 Å². The van der Waals surface area contributed by atoms with E-state index in [9.17, 15) is 22.4 Å². The van der Waals surface area contributed by atoms with Gasteiger partial charge in [0.1, 0.15) is 11.4 Å². The lowest BCUT2D eigenvalue weighted by atomic mass is 10.2. The Morgan fingerprint density at radius 2 is 1.53 bits per heavy atom. The molecule has 0 spiro atoms. The summed E-state index contributed by atoms with van der Waals surface area (Å²) in [5.74, 6) is -1.55. The average Bonchev–Trinajstić information content (AvgIpc) is 2.16. The molecule has 1 heterocycles. The third kappa shape index (κ3) is 2.64. The van der Waals surface area contributed by atoms with Crippen molar-refractivity contribution >= 4 is 5.97 Å². The SMILES string of the molecule is O=C(O)c1cc(C(F)F)nc(C(F)F)c1. The number of hydrogen-bond acceptors (Lipinski definition) is 2. The summed E-state index contributed by atoms with van der Waals surface area (Å²) in [5, 5.41) is 8.48. The number of alkyl halides is 4. The molecule has 0 bridgehead atoms. The number of hydrogen-bond donors (Lipinski definition) is 1. The Labute approximate surface area is 81.4 Å². The van der Waals surface area contributed by atoms with E-state index in [1.807, 2.05) is 0 Å². The lowest BCUT2D eigenvalue weighted by Crippen LogP contribution is -2.04. The van der Waals surface area contributed by atoms with Gasteiger partial charge in [0.05, 0.1) is 5.56 Å². The molecule has 0 radical (unpaired) electrons. The highest BCUT2D eigenvalue weighted by Crippen LogP contribution is 2.23. The Kier molecular flexibility index (Phi) is 3.23. The summed E-state index contributed by atoms with van der Waals surface area (Å²) in [7, 11) is 0. The van der Waals surface area contributed by atoms with Gasteiger partial charge in [-0.05, 0) is 12.1 Å². The molecule has 82 valence electrons. The first-order valence-corrected chi connectivity index (χ1v) is 3.73. The first-order valence-electron chi connectivity index (χ1n) is 3.73. The van der Waals surface area contributed by atoms with Crippen molar-refractivity contribution in [2.75, 3.05) is 0 Å². The predicted octanol–water partition coefficient (Wildman–Crippen LogP) is 2.66. The number of rotatable bonds is 3. The summed E-state index contributed by atoms with van der Waals surface area (Å²) < 4.78 is 48.6. The van der Waals surface area contributed by atoms with Crippen LogP contribution in [0.5, 0.6) is 0 Å². The number of halogens is 4. The molecule has 1 N–H and O–H groups in total. The monoisotopic (exact) mass is 223 g/mol. The Hall–Kier alpha value is -1.66. The number of aromatic carboxylic acids is 1. The maximum Gasteiger partial charge on any atom is 0.335 e. The molecule has 0 fully saturated rings. The van der Waals surface area contributed by atoms with Crippen LogP contribution in [0.4, 0.5) is 17.6 Å². The Balaban J connectivity index is 3.26. The third-order valence-electron chi connectivity index (χ3n) is 1.56. The number of pyridine rings is 1. The van der Waals surface area contributed by atoms with Gasteiger partial charge in [-0.2, -0.15) is 0 Å². The van der Waals surface area contributed by atoms with Crippen molar-refractivity contribution in [3.8, 4) is 0 Å². The topological polar surface area (TPSA) is 50.2 Å². The van der Waals surface area contributed by atoms with Gasteiger partial charge in [-0.25, -0.2) is 27.3 Å². The van der Waals surface area contributed by atoms with Crippen LogP contribution in [0.3, 0.4) is 0 Å². The molecule has 1 aromatic heterocycles. The molecule has 0 aliphatic carbocycles. The van der Waals surface area contributed by atoms with E-state index < -0.39 is 35.8 Å². The standard InChI is InChI=1S/C8H5F4NO2/c9-6(10)4-1-3(8(14)15)2-5(13-4)7(11)12/h1-2,6-7H,(H,14,15). The van der Waals surface area contributed by atoms with Gasteiger partial charge in [0, 0.05) is 0 Å². The van der Waals surface area contributed by atoms with Crippen molar-refractivity contribution in [1.82, 2.24) is 4.98 Å². The first kappa shape index (κ1) is 11.4. The fraction of sp³-hybridized carbons (Fsp3) is 0.250. The normalized spacial score (nSPS) is 11.1. The minimum absolute atomic E-state index is 0.568. The number of carbonyl (C=O) groups is 1. The molecule has 0 aliphatic heterocycles. The van der Waals surface area contributed by atoms with E-state index in [4.69, 9.17) is 5.11 Å². The highest BCUT2D eigenvalue weighted by atomic mass is 19.3. The summed E-state index contributed by atoms with van der Waals surface area (Å²) in [6.45, 7) is 0. The average molecular weight is 223 g/mol. The minimum Gasteiger partial charge on any atom is -0.478 e. The molecule has 7 heteroatoms. The zero-order valence-electron chi connectivity index (χ0n) is 7.12. The second-order valence-electron chi connectivity index (χ2n) is 2.61. The third-order valence-corrected chi connectivity index (χ3v) is 1.56. The molecule has 1 rings (SSSR count). The summed E-state index contributed by atoms with van der Waals surface area (Å²) in [4.78, 5) is 13.4. The van der Waals surface area contributed by atoms with Crippen molar-refractivity contribution < 1.29 is 27.5 Å². The smallest absolute Gasteiger partial charge is 0.335 e. The molecule has 0 saturated heterocycles. The molecular weight excluding hydrogens is 218 g/mol. The molecule has 0 amide bonds. The molecular formula is C8H5F4NO2. The number of aromatic nitrogens is 1. The van der Waals surface area contributed by atoms with Crippen LogP contribution >= 0.6 is 0 Å². The van der Waals surface area contributed by atoms with Gasteiger partial charge in [-0.15, -0.1) is 0 Å². The highest BCUT2D eigenvalue weighted by molar-refractivity contribution is 5.87. The zero-order chi connectivity index (χ0) is 11.6. The van der Waals surface area contributed by atoms with Crippen LogP contribution in [0.25, 0.3) is 0 Å². The van der Waals surface area contributed by atoms with Gasteiger partial charge in [0.2, 0.25) is 0 Å². The second kappa shape index (κ2) is 4.24. The molecule has 0 aliphatic rings. The van der Waals surface area contributed by atoms with Gasteiger partial charge in [0.15, 0.2) is 0 Å². The van der Waals surface area contributed by atoms with E-state index in [0.717, 1.165) is 0 Å². The first-order chi connectivity index (χ1) is 6.91. The number of nitrogens with zero attached hydrogens (tertiary/aromatic N) is 1. The van der Waals surface area contributed by atoms with Crippen molar-refractivity contribution in [3.63, 3.8) is 0 Å². The summed E-state index contributed by atoms with van der Waals surface area (Å²) in [6, 6.07) is 1.14. The summed E-state index contributed by atoms with van der Waals surface area (Å²) in [6.07, 6.45) is -6.16. The maximum atomic E-state index is 12.2. The number of carboxylic acids is 1. The van der Waals surface area contributed by atoms with E-state index in [0.29, 0.717) is 12.1 Å². The van der Waals surface area contributed by atoms with Crippen LogP contribution in [0.15, 0.2) is 12.1 Å². The van der Waals surface area contributed by atoms with Crippen molar-refractivity contribution in [2.45, 2.75) is 12.9 Å². The van der Waals surface area contributed by atoms with Crippen LogP contribution in [0.2, 0.25) is 0 Å². The van der Waals surface area contributed by atoms with Gasteiger partial charge < -0.3 is 5.11 Å². The Bertz CT molecular complexity index is 355. The van der Waals surface area contributed by atoms with Gasteiger partial charge in [0.25, 0.3) is 12.9 Å². The van der Waals surface area contributed by atoms with Crippen LogP contribution in [-0.2, 0) is 0 Å². The van der Waals surface area contributed by atoms with E-state index >= 15 is 0 Å². The van der Waals surface area contributed by atoms with Crippen molar-refractivity contribution in [2.24, 2.45) is 0 Å². The summed E-state index contributed by atoms with van der Waals surface area (Å²) in [5.41, 5.74) is -2.56. The minimum atomic E-state index is -3.08. The Morgan fingerprint density at radius 1 is 1.13 bits per heavy atom. The molecule has 3 nitrogen and oxygen atoms in total. The van der Waals surface area contributed by atoms with Crippen LogP contribution in [0.1, 0.15) is 34.6 Å². The fourth-order valence-electron chi connectivity index (χ4n) is 0.921. The predicted molar refractivity (Wildman–Crippen MR) is 41.1 cm³/mol. The largest absolute Gasteiger partial charge is 0.478 e. The van der Waals surface area contributed by atoms with E-state index in [1.54, 1.807) is 0 Å². The van der Waals surface area contributed by atoms with Crippen molar-refractivity contribution in [1.29, 1.82) is 0 Å². The van der Waals surface area contributed by atoms with E-state index in [1.165, 1.54) is 0 Å². The molecule has 15 heavy (non-hydrogen) atoms. The highest BCUT2D eigenvalue weighted by Gasteiger charge is 2.18. The second-order valence-corrected chi connectivity index (χ2v) is 2.61. The molecule has 0 unspecified atom stereocenters. The molecule has 0 aromatic carbocycles. The van der Waals surface area contributed by atoms with Crippen LogP contribution in [-0.4, -0.2) is 16.1 Å². The lowest BCUT2D eigenvalue weighted by molar-refractivity contribution is 0.0695. The number of carboxylic acid groups (broad SMARTS) is 1. The van der Waals surface area contributed by atoms with Gasteiger partial charge in [-0.3, -0.25) is 0 Å². The maximum absolute atomic E-state index is 12.2. The lowest BCUT2D eigenvalue weighted by Gasteiger charge is -2.05. The van der Waals surface area contributed by atoms with Gasteiger partial charge >= 0.3 is 5.97 Å². The molecule has 0 atom stereocenters. The molecule has 1 aromatic rings. The van der Waals surface area contributed by atoms with E-state index in [-0.39, 0.29) is 0 Å². The van der Waals surface area contributed by atoms with Gasteiger partial charge in [-0.1, -0.05) is 0 Å². The molecule has 0 saturated carbocycles. The zero-order valence-corrected chi connectivity index (χ0v) is 7.12.